The van der Waals surface area contributed by atoms with Gasteiger partial charge in [-0.1, -0.05) is 13.8 Å². The summed E-state index contributed by atoms with van der Waals surface area (Å²) in [6, 6.07) is 0.168. The Morgan fingerprint density at radius 3 is 2.54 bits per heavy atom. The maximum absolute atomic E-state index is 11.2. The average molecular weight is 205 g/mol. The summed E-state index contributed by atoms with van der Waals surface area (Å²) in [4.78, 5) is 11.2. The van der Waals surface area contributed by atoms with Crippen molar-refractivity contribution in [3.05, 3.63) is 0 Å². The van der Waals surface area contributed by atoms with Crippen molar-refractivity contribution in [2.45, 2.75) is 26.8 Å². The van der Waals surface area contributed by atoms with E-state index in [-0.39, 0.29) is 11.9 Å². The molecule has 1 amide bonds. The Morgan fingerprint density at radius 1 is 1.62 bits per heavy atom. The smallest absolute Gasteiger partial charge is 0.240 e. The van der Waals surface area contributed by atoms with Gasteiger partial charge in [-0.15, -0.1) is 0 Å². The lowest BCUT2D eigenvalue weighted by molar-refractivity contribution is -0.128. The molecule has 0 radical (unpaired) electrons. The first-order valence-electron chi connectivity index (χ1n) is 4.24. The topological polar surface area (TPSA) is 81.1 Å². The second kappa shape index (κ2) is 5.47. The third-order valence-electron chi connectivity index (χ3n) is 1.59. The van der Waals surface area contributed by atoms with E-state index in [2.05, 4.69) is 5.43 Å². The first kappa shape index (κ1) is 12.7. The normalized spacial score (nSPS) is 13.9. The Bertz CT molecular complexity index is 171. The lowest BCUT2D eigenvalue weighted by Gasteiger charge is -2.21. The maximum Gasteiger partial charge on any atom is 0.240 e. The largest absolute Gasteiger partial charge is 0.327 e. The molecular weight excluding hydrogens is 186 g/mol. The highest BCUT2D eigenvalue weighted by atomic mass is 32.2. The number of carbonyl (C=O) groups excluding carboxylic acids is 1. The van der Waals surface area contributed by atoms with Gasteiger partial charge in [0.15, 0.2) is 0 Å². The Labute approximate surface area is 83.8 Å². The Hall–Kier alpha value is -0.260. The third-order valence-corrected chi connectivity index (χ3v) is 3.28. The Balaban J connectivity index is 3.82. The molecule has 0 bridgehead atoms. The summed E-state index contributed by atoms with van der Waals surface area (Å²) in [6.45, 7) is 5.68. The van der Waals surface area contributed by atoms with Crippen molar-refractivity contribution in [2.24, 2.45) is 17.0 Å². The molecule has 0 aliphatic rings. The molecule has 5 heteroatoms. The van der Waals surface area contributed by atoms with E-state index < -0.39 is 5.41 Å². The van der Waals surface area contributed by atoms with Gasteiger partial charge in [0.2, 0.25) is 5.91 Å². The van der Waals surface area contributed by atoms with Crippen molar-refractivity contribution in [3.63, 3.8) is 0 Å². The number of hydrogen-bond donors (Lipinski definition) is 3. The number of nitrogens with two attached hydrogens (primary N) is 2. The van der Waals surface area contributed by atoms with E-state index >= 15 is 0 Å². The van der Waals surface area contributed by atoms with Crippen LogP contribution in [0, 0.1) is 5.41 Å². The van der Waals surface area contributed by atoms with Gasteiger partial charge in [-0.25, -0.2) is 5.84 Å². The van der Waals surface area contributed by atoms with E-state index in [1.165, 1.54) is 0 Å². The van der Waals surface area contributed by atoms with Crippen molar-refractivity contribution < 1.29 is 4.79 Å². The highest BCUT2D eigenvalue weighted by Crippen LogP contribution is 2.21. The Kier molecular flexibility index (Phi) is 5.36. The van der Waals surface area contributed by atoms with Crippen molar-refractivity contribution in [2.75, 3.05) is 11.5 Å². The fourth-order valence-electron chi connectivity index (χ4n) is 0.761. The zero-order valence-corrected chi connectivity index (χ0v) is 9.28. The van der Waals surface area contributed by atoms with Gasteiger partial charge in [0.05, 0.1) is 5.41 Å². The summed E-state index contributed by atoms with van der Waals surface area (Å²) < 4.78 is 0. The van der Waals surface area contributed by atoms with Gasteiger partial charge >= 0.3 is 0 Å². The molecule has 4 nitrogen and oxygen atoms in total. The van der Waals surface area contributed by atoms with Crippen LogP contribution in [-0.2, 0) is 4.79 Å². The summed E-state index contributed by atoms with van der Waals surface area (Å²) in [5.74, 6) is 6.52. The third kappa shape index (κ3) is 5.13. The zero-order valence-electron chi connectivity index (χ0n) is 8.46. The number of thioether (sulfide) groups is 1. The van der Waals surface area contributed by atoms with Gasteiger partial charge < -0.3 is 5.73 Å². The first-order chi connectivity index (χ1) is 5.90. The SMILES string of the molecule is CC(N)CSCC(C)(C)C(=O)NN. The quantitative estimate of drug-likeness (QED) is 0.337. The molecule has 0 aliphatic carbocycles. The molecule has 5 N–H and O–H groups in total. The van der Waals surface area contributed by atoms with E-state index in [1.54, 1.807) is 11.8 Å². The van der Waals surface area contributed by atoms with Gasteiger partial charge in [0, 0.05) is 17.5 Å². The van der Waals surface area contributed by atoms with Crippen LogP contribution in [0.1, 0.15) is 20.8 Å². The number of nitrogens with one attached hydrogen (secondary N) is 1. The highest BCUT2D eigenvalue weighted by molar-refractivity contribution is 7.99. The molecule has 0 spiro atoms. The molecular formula is C8H19N3OS. The maximum atomic E-state index is 11.2. The molecule has 13 heavy (non-hydrogen) atoms. The second-order valence-electron chi connectivity index (χ2n) is 3.85. The molecule has 0 saturated heterocycles. The highest BCUT2D eigenvalue weighted by Gasteiger charge is 2.26. The van der Waals surface area contributed by atoms with Crippen molar-refractivity contribution in [1.29, 1.82) is 0 Å². The molecule has 0 heterocycles. The number of hydrogen-bond acceptors (Lipinski definition) is 4. The summed E-state index contributed by atoms with van der Waals surface area (Å²) in [6.07, 6.45) is 0. The summed E-state index contributed by atoms with van der Waals surface area (Å²) in [5.41, 5.74) is 7.32. The van der Waals surface area contributed by atoms with Crippen molar-refractivity contribution >= 4 is 17.7 Å². The molecule has 78 valence electrons. The summed E-state index contributed by atoms with van der Waals surface area (Å²) in [5, 5.41) is 0. The van der Waals surface area contributed by atoms with Gasteiger partial charge in [-0.3, -0.25) is 10.2 Å². The molecule has 0 rings (SSSR count). The first-order valence-corrected chi connectivity index (χ1v) is 5.40. The van der Waals surface area contributed by atoms with Gasteiger partial charge in [-0.2, -0.15) is 11.8 Å². The van der Waals surface area contributed by atoms with Crippen molar-refractivity contribution in [3.8, 4) is 0 Å². The van der Waals surface area contributed by atoms with Crippen LogP contribution in [0.5, 0.6) is 0 Å². The van der Waals surface area contributed by atoms with Crippen LogP contribution in [0.15, 0.2) is 0 Å². The standard InChI is InChI=1S/C8H19N3OS/c1-6(9)4-13-5-8(2,3)7(12)11-10/h6H,4-5,9-10H2,1-3H3,(H,11,12). The van der Waals surface area contributed by atoms with Crippen LogP contribution in [0.2, 0.25) is 0 Å². The minimum Gasteiger partial charge on any atom is -0.327 e. The van der Waals surface area contributed by atoms with E-state index in [0.717, 1.165) is 11.5 Å². The Morgan fingerprint density at radius 2 is 2.15 bits per heavy atom. The van der Waals surface area contributed by atoms with E-state index in [1.807, 2.05) is 20.8 Å². The van der Waals surface area contributed by atoms with E-state index in [0.29, 0.717) is 0 Å². The lowest BCUT2D eigenvalue weighted by atomic mass is 9.96. The van der Waals surface area contributed by atoms with Gasteiger partial charge in [-0.05, 0) is 6.92 Å². The van der Waals surface area contributed by atoms with Gasteiger partial charge in [0.1, 0.15) is 0 Å². The predicted molar refractivity (Wildman–Crippen MR) is 57.1 cm³/mol. The minimum atomic E-state index is -0.422. The molecule has 0 aromatic carbocycles. The summed E-state index contributed by atoms with van der Waals surface area (Å²) in [7, 11) is 0. The molecule has 0 fully saturated rings. The molecule has 0 aromatic heterocycles. The van der Waals surface area contributed by atoms with Crippen LogP contribution >= 0.6 is 11.8 Å². The lowest BCUT2D eigenvalue weighted by Crippen LogP contribution is -2.42. The molecule has 1 atom stereocenters. The average Bonchev–Trinajstić information content (AvgIpc) is 2.01. The van der Waals surface area contributed by atoms with E-state index in [4.69, 9.17) is 11.6 Å². The molecule has 0 saturated carbocycles. The predicted octanol–water partition coefficient (Wildman–Crippen LogP) is 0.0829. The molecule has 1 unspecified atom stereocenters. The summed E-state index contributed by atoms with van der Waals surface area (Å²) >= 11 is 1.67. The van der Waals surface area contributed by atoms with Crippen LogP contribution < -0.4 is 17.0 Å². The number of carbonyl (C=O) groups is 1. The molecule has 0 aliphatic heterocycles. The molecule has 0 aromatic rings. The second-order valence-corrected chi connectivity index (χ2v) is 4.88. The zero-order chi connectivity index (χ0) is 10.5. The minimum absolute atomic E-state index is 0.135. The number of hydrazine groups is 1. The van der Waals surface area contributed by atoms with E-state index in [9.17, 15) is 4.79 Å². The monoisotopic (exact) mass is 205 g/mol. The van der Waals surface area contributed by atoms with Crippen LogP contribution in [0.4, 0.5) is 0 Å². The van der Waals surface area contributed by atoms with Gasteiger partial charge in [0.25, 0.3) is 0 Å². The van der Waals surface area contributed by atoms with Crippen LogP contribution in [0.3, 0.4) is 0 Å². The van der Waals surface area contributed by atoms with Crippen molar-refractivity contribution in [1.82, 2.24) is 5.43 Å². The number of rotatable bonds is 5. The fourth-order valence-corrected chi connectivity index (χ4v) is 1.89. The number of amides is 1. The van der Waals surface area contributed by atoms with Crippen LogP contribution in [-0.4, -0.2) is 23.5 Å². The fraction of sp³-hybridized carbons (Fsp3) is 0.875. The van der Waals surface area contributed by atoms with Crippen LogP contribution in [0.25, 0.3) is 0 Å².